The van der Waals surface area contributed by atoms with Gasteiger partial charge in [-0.1, -0.05) is 5.16 Å². The van der Waals surface area contributed by atoms with Crippen LogP contribution in [0.3, 0.4) is 0 Å². The van der Waals surface area contributed by atoms with Crippen LogP contribution >= 0.6 is 0 Å². The van der Waals surface area contributed by atoms with Crippen LogP contribution in [0.25, 0.3) is 11.1 Å². The van der Waals surface area contributed by atoms with Gasteiger partial charge in [-0.25, -0.2) is 4.98 Å². The average molecular weight is 365 g/mol. The number of hydrogen-bond acceptors (Lipinski definition) is 5. The van der Waals surface area contributed by atoms with Crippen molar-refractivity contribution in [3.05, 3.63) is 53.7 Å². The van der Waals surface area contributed by atoms with Gasteiger partial charge in [-0.15, -0.1) is 0 Å². The second-order valence-corrected chi connectivity index (χ2v) is 7.10. The van der Waals surface area contributed by atoms with Crippen molar-refractivity contribution in [2.24, 2.45) is 7.05 Å². The molecule has 3 aromatic rings. The maximum absolute atomic E-state index is 12.6. The molecule has 0 unspecified atom stereocenters. The van der Waals surface area contributed by atoms with E-state index in [9.17, 15) is 4.79 Å². The van der Waals surface area contributed by atoms with Crippen LogP contribution in [0.4, 0.5) is 0 Å². The third kappa shape index (κ3) is 3.25. The number of aromatic nitrogens is 4. The molecular weight excluding hydrogens is 342 g/mol. The molecule has 0 N–H and O–H groups in total. The van der Waals surface area contributed by atoms with Gasteiger partial charge in [0, 0.05) is 55.9 Å². The van der Waals surface area contributed by atoms with Crippen molar-refractivity contribution in [2.75, 3.05) is 13.1 Å². The van der Waals surface area contributed by atoms with Crippen LogP contribution in [0.2, 0.25) is 0 Å². The molecule has 1 amide bonds. The molecule has 4 rings (SSSR count). The Morgan fingerprint density at radius 2 is 1.96 bits per heavy atom. The van der Waals surface area contributed by atoms with Crippen molar-refractivity contribution < 1.29 is 9.32 Å². The van der Waals surface area contributed by atoms with Crippen LogP contribution in [0.15, 0.2) is 35.2 Å². The fourth-order valence-corrected chi connectivity index (χ4v) is 3.81. The zero-order valence-electron chi connectivity index (χ0n) is 15.8. The van der Waals surface area contributed by atoms with E-state index in [0.717, 1.165) is 41.1 Å². The maximum Gasteiger partial charge on any atom is 0.289 e. The Morgan fingerprint density at radius 3 is 2.59 bits per heavy atom. The molecule has 140 valence electrons. The largest absolute Gasteiger partial charge is 0.361 e. The van der Waals surface area contributed by atoms with Gasteiger partial charge in [-0.2, -0.15) is 0 Å². The lowest BCUT2D eigenvalue weighted by Crippen LogP contribution is -2.39. The number of amides is 1. The third-order valence-corrected chi connectivity index (χ3v) is 5.32. The molecule has 0 bridgehead atoms. The second kappa shape index (κ2) is 6.98. The molecule has 4 heterocycles. The standard InChI is InChI=1S/C20H23N5O2/c1-13-18(14(2)27-23-13)16-4-7-21-17(12-16)15-5-9-25(10-6-15)20(26)19-22-8-11-24(19)3/h4,7-8,11-12,15H,5-6,9-10H2,1-3H3. The molecule has 27 heavy (non-hydrogen) atoms. The minimum absolute atomic E-state index is 0.00150. The number of hydrogen-bond donors (Lipinski definition) is 0. The molecule has 7 nitrogen and oxygen atoms in total. The number of pyridine rings is 1. The molecule has 0 radical (unpaired) electrons. The summed E-state index contributed by atoms with van der Waals surface area (Å²) in [6, 6.07) is 4.13. The van der Waals surface area contributed by atoms with Crippen molar-refractivity contribution in [1.82, 2.24) is 24.6 Å². The van der Waals surface area contributed by atoms with Crippen molar-refractivity contribution in [1.29, 1.82) is 0 Å². The maximum atomic E-state index is 12.6. The highest BCUT2D eigenvalue weighted by Gasteiger charge is 2.27. The number of imidazole rings is 1. The molecule has 0 aliphatic carbocycles. The average Bonchev–Trinajstić information content (AvgIpc) is 3.26. The summed E-state index contributed by atoms with van der Waals surface area (Å²) >= 11 is 0. The van der Waals surface area contributed by atoms with E-state index >= 15 is 0 Å². The van der Waals surface area contributed by atoms with Crippen molar-refractivity contribution in [2.45, 2.75) is 32.6 Å². The van der Waals surface area contributed by atoms with E-state index in [2.05, 4.69) is 21.2 Å². The van der Waals surface area contributed by atoms with Crippen LogP contribution < -0.4 is 0 Å². The number of carbonyl (C=O) groups is 1. The first-order valence-electron chi connectivity index (χ1n) is 9.20. The zero-order valence-corrected chi connectivity index (χ0v) is 15.8. The summed E-state index contributed by atoms with van der Waals surface area (Å²) in [6.45, 7) is 5.31. The van der Waals surface area contributed by atoms with Gasteiger partial charge in [0.25, 0.3) is 5.91 Å². The van der Waals surface area contributed by atoms with Crippen LogP contribution in [0.5, 0.6) is 0 Å². The van der Waals surface area contributed by atoms with Gasteiger partial charge < -0.3 is 14.0 Å². The molecule has 0 aromatic carbocycles. The topological polar surface area (TPSA) is 77.1 Å². The Hall–Kier alpha value is -2.96. The van der Waals surface area contributed by atoms with Crippen LogP contribution in [-0.4, -0.2) is 43.6 Å². The van der Waals surface area contributed by atoms with Crippen LogP contribution in [0, 0.1) is 13.8 Å². The normalized spacial score (nSPS) is 15.3. The molecule has 0 atom stereocenters. The minimum atomic E-state index is -0.00150. The number of likely N-dealkylation sites (tertiary alicyclic amines) is 1. The smallest absolute Gasteiger partial charge is 0.289 e. The van der Waals surface area contributed by atoms with Gasteiger partial charge in [0.05, 0.1) is 5.69 Å². The van der Waals surface area contributed by atoms with E-state index in [-0.39, 0.29) is 5.91 Å². The monoisotopic (exact) mass is 365 g/mol. The summed E-state index contributed by atoms with van der Waals surface area (Å²) in [5, 5.41) is 4.05. The quantitative estimate of drug-likeness (QED) is 0.713. The fraction of sp³-hybridized carbons (Fsp3) is 0.400. The Balaban J connectivity index is 1.48. The van der Waals surface area contributed by atoms with Gasteiger partial charge in [0.2, 0.25) is 0 Å². The minimum Gasteiger partial charge on any atom is -0.361 e. The molecular formula is C20H23N5O2. The number of piperidine rings is 1. The summed E-state index contributed by atoms with van der Waals surface area (Å²) in [4.78, 5) is 23.3. The Kier molecular flexibility index (Phi) is 4.51. The van der Waals surface area contributed by atoms with Crippen molar-refractivity contribution in [3.63, 3.8) is 0 Å². The van der Waals surface area contributed by atoms with E-state index in [1.165, 1.54) is 0 Å². The molecule has 1 aliphatic rings. The summed E-state index contributed by atoms with van der Waals surface area (Å²) < 4.78 is 7.06. The highest BCUT2D eigenvalue weighted by Crippen LogP contribution is 2.32. The fourth-order valence-electron chi connectivity index (χ4n) is 3.81. The highest BCUT2D eigenvalue weighted by molar-refractivity contribution is 5.90. The van der Waals surface area contributed by atoms with E-state index in [4.69, 9.17) is 4.52 Å². The Bertz CT molecular complexity index is 947. The molecule has 1 aliphatic heterocycles. The number of rotatable bonds is 3. The lowest BCUT2D eigenvalue weighted by molar-refractivity contribution is 0.0696. The molecule has 1 fully saturated rings. The summed E-state index contributed by atoms with van der Waals surface area (Å²) in [5.41, 5.74) is 4.08. The lowest BCUT2D eigenvalue weighted by Gasteiger charge is -2.31. The van der Waals surface area contributed by atoms with E-state index in [1.54, 1.807) is 17.0 Å². The highest BCUT2D eigenvalue weighted by atomic mass is 16.5. The summed E-state index contributed by atoms with van der Waals surface area (Å²) in [7, 11) is 1.84. The summed E-state index contributed by atoms with van der Waals surface area (Å²) in [5.74, 6) is 1.65. The van der Waals surface area contributed by atoms with E-state index in [0.29, 0.717) is 24.8 Å². The van der Waals surface area contributed by atoms with Gasteiger partial charge in [-0.3, -0.25) is 9.78 Å². The predicted octanol–water partition coefficient (Wildman–Crippen LogP) is 3.11. The van der Waals surface area contributed by atoms with Gasteiger partial charge in [0.1, 0.15) is 5.76 Å². The van der Waals surface area contributed by atoms with Gasteiger partial charge in [0.15, 0.2) is 5.82 Å². The molecule has 3 aromatic heterocycles. The van der Waals surface area contributed by atoms with Crippen molar-refractivity contribution >= 4 is 5.91 Å². The van der Waals surface area contributed by atoms with E-state index < -0.39 is 0 Å². The number of carbonyl (C=O) groups excluding carboxylic acids is 1. The van der Waals surface area contributed by atoms with Gasteiger partial charge in [-0.05, 0) is 44.4 Å². The summed E-state index contributed by atoms with van der Waals surface area (Å²) in [6.07, 6.45) is 7.10. The molecule has 7 heteroatoms. The molecule has 1 saturated heterocycles. The lowest BCUT2D eigenvalue weighted by atomic mass is 9.91. The van der Waals surface area contributed by atoms with Gasteiger partial charge >= 0.3 is 0 Å². The molecule has 0 spiro atoms. The van der Waals surface area contributed by atoms with Crippen molar-refractivity contribution in [3.8, 4) is 11.1 Å². The van der Waals surface area contributed by atoms with Crippen LogP contribution in [0.1, 0.15) is 46.5 Å². The molecule has 0 saturated carbocycles. The predicted molar refractivity (Wildman–Crippen MR) is 100 cm³/mol. The Labute approximate surface area is 158 Å². The first kappa shape index (κ1) is 17.5. The number of aryl methyl sites for hydroxylation is 3. The first-order chi connectivity index (χ1) is 13.0. The second-order valence-electron chi connectivity index (χ2n) is 7.10. The number of nitrogens with zero attached hydrogens (tertiary/aromatic N) is 5. The SMILES string of the molecule is Cc1noc(C)c1-c1ccnc(C2CCN(C(=O)c3nccn3C)CC2)c1. The Morgan fingerprint density at radius 1 is 1.19 bits per heavy atom. The third-order valence-electron chi connectivity index (χ3n) is 5.32. The first-order valence-corrected chi connectivity index (χ1v) is 9.20. The zero-order chi connectivity index (χ0) is 19.0. The van der Waals surface area contributed by atoms with E-state index in [1.807, 2.05) is 38.1 Å². The van der Waals surface area contributed by atoms with Crippen LogP contribution in [-0.2, 0) is 7.05 Å².